The normalized spacial score (nSPS) is 13.0. The summed E-state index contributed by atoms with van der Waals surface area (Å²) in [7, 11) is 4.00. The second-order valence-electron chi connectivity index (χ2n) is 9.38. The Balaban J connectivity index is 3.35. The van der Waals surface area contributed by atoms with E-state index in [9.17, 15) is 9.90 Å². The van der Waals surface area contributed by atoms with Gasteiger partial charge in [0.2, 0.25) is 0 Å². The number of nitrogens with zero attached hydrogens (tertiary/aromatic N) is 1. The Hall–Kier alpha value is -0.610. The molecule has 0 aliphatic heterocycles. The molecule has 0 heterocycles. The number of unbranched alkanes of at least 4 members (excludes halogenated alkanes) is 14. The highest BCUT2D eigenvalue weighted by Gasteiger charge is 2.21. The minimum Gasteiger partial charge on any atom is -0.481 e. The van der Waals surface area contributed by atoms with Crippen molar-refractivity contribution in [1.82, 2.24) is 0 Å². The molecule has 0 aromatic carbocycles. The second kappa shape index (κ2) is 18.4. The molecule has 2 N–H and O–H groups in total. The number of aliphatic carboxylic acids is 1. The Morgan fingerprint density at radius 2 is 1.14 bits per heavy atom. The van der Waals surface area contributed by atoms with Gasteiger partial charge in [-0.05, 0) is 6.42 Å². The molecule has 168 valence electrons. The third-order valence-corrected chi connectivity index (χ3v) is 5.78. The first-order valence-corrected chi connectivity index (χ1v) is 12.1. The first-order chi connectivity index (χ1) is 13.4. The van der Waals surface area contributed by atoms with Crippen LogP contribution < -0.4 is 0 Å². The van der Waals surface area contributed by atoms with Gasteiger partial charge >= 0.3 is 5.97 Å². The fraction of sp³-hybridized carbons (Fsp3) is 0.958. The van der Waals surface area contributed by atoms with Gasteiger partial charge in [0.05, 0.1) is 27.1 Å². The Bertz CT molecular complexity index is 358. The fourth-order valence-electron chi connectivity index (χ4n) is 3.90. The molecule has 1 unspecified atom stereocenters. The molecule has 0 rings (SSSR count). The molecule has 0 saturated heterocycles. The predicted molar refractivity (Wildman–Crippen MR) is 120 cm³/mol. The van der Waals surface area contributed by atoms with E-state index in [2.05, 4.69) is 6.92 Å². The Morgan fingerprint density at radius 1 is 0.750 bits per heavy atom. The number of hydrogen-bond acceptors (Lipinski definition) is 2. The van der Waals surface area contributed by atoms with Gasteiger partial charge in [-0.15, -0.1) is 0 Å². The molecule has 0 radical (unpaired) electrons. The van der Waals surface area contributed by atoms with Gasteiger partial charge in [-0.25, -0.2) is 0 Å². The van der Waals surface area contributed by atoms with Crippen LogP contribution >= 0.6 is 0 Å². The van der Waals surface area contributed by atoms with Gasteiger partial charge in [-0.1, -0.05) is 103 Å². The summed E-state index contributed by atoms with van der Waals surface area (Å²) in [5, 5.41) is 19.0. The summed E-state index contributed by atoms with van der Waals surface area (Å²) in [4.78, 5) is 10.7. The van der Waals surface area contributed by atoms with Gasteiger partial charge in [-0.3, -0.25) is 4.79 Å². The summed E-state index contributed by atoms with van der Waals surface area (Å²) in [5.41, 5.74) is 0. The lowest BCUT2D eigenvalue weighted by atomic mass is 10.0. The minimum atomic E-state index is -0.761. The third-order valence-electron chi connectivity index (χ3n) is 5.78. The molecule has 0 saturated carbocycles. The molecular formula is C24H50NO3+. The lowest BCUT2D eigenvalue weighted by Crippen LogP contribution is -2.46. The van der Waals surface area contributed by atoms with Crippen molar-refractivity contribution in [1.29, 1.82) is 0 Å². The molecule has 0 aliphatic carbocycles. The smallest absolute Gasteiger partial charge is 0.309 e. The number of likely N-dealkylation sites (N-methyl/N-ethyl adjacent to an activating group) is 1. The van der Waals surface area contributed by atoms with Crippen molar-refractivity contribution in [2.45, 2.75) is 122 Å². The van der Waals surface area contributed by atoms with Crippen molar-refractivity contribution in [3.05, 3.63) is 0 Å². The monoisotopic (exact) mass is 400 g/mol. The number of aliphatic hydroxyl groups excluding tert-OH is 1. The summed E-state index contributed by atoms with van der Waals surface area (Å²) in [5.74, 6) is -0.761. The van der Waals surface area contributed by atoms with Crippen LogP contribution in [0.2, 0.25) is 0 Å². The number of rotatable bonds is 21. The van der Waals surface area contributed by atoms with Crippen LogP contribution in [0.25, 0.3) is 0 Å². The van der Waals surface area contributed by atoms with Crippen molar-refractivity contribution in [3.63, 3.8) is 0 Å². The number of carboxylic acids is 1. The molecular weight excluding hydrogens is 350 g/mol. The summed E-state index contributed by atoms with van der Waals surface area (Å²) >= 11 is 0. The largest absolute Gasteiger partial charge is 0.481 e. The number of carboxylic acid groups (broad SMARTS) is 1. The number of quaternary nitrogens is 1. The Labute approximate surface area is 175 Å². The highest BCUT2D eigenvalue weighted by atomic mass is 16.4. The molecule has 28 heavy (non-hydrogen) atoms. The molecule has 0 aromatic rings. The van der Waals surface area contributed by atoms with E-state index in [0.29, 0.717) is 17.6 Å². The summed E-state index contributed by atoms with van der Waals surface area (Å²) < 4.78 is 0.576. The number of carbonyl (C=O) groups is 1. The first-order valence-electron chi connectivity index (χ1n) is 12.1. The van der Waals surface area contributed by atoms with E-state index >= 15 is 0 Å². The molecule has 0 fully saturated rings. The summed E-state index contributed by atoms with van der Waals surface area (Å²) in [6.07, 6.45) is 21.0. The van der Waals surface area contributed by atoms with E-state index in [1.54, 1.807) is 0 Å². The fourth-order valence-corrected chi connectivity index (χ4v) is 3.90. The van der Waals surface area contributed by atoms with E-state index < -0.39 is 5.97 Å². The standard InChI is InChI=1S/C24H49NO3/c1-4-5-6-7-8-9-10-11-12-13-14-15-16-17-18-19-23(26)22-25(2,3)21-20-24(27)28/h23,26H,4-22H2,1-3H3/p+1. The summed E-state index contributed by atoms with van der Waals surface area (Å²) in [6.45, 7) is 3.49. The van der Waals surface area contributed by atoms with Crippen LogP contribution in [0.4, 0.5) is 0 Å². The van der Waals surface area contributed by atoms with Crippen LogP contribution in [0.15, 0.2) is 0 Å². The summed E-state index contributed by atoms with van der Waals surface area (Å²) in [6, 6.07) is 0. The Morgan fingerprint density at radius 3 is 1.54 bits per heavy atom. The van der Waals surface area contributed by atoms with E-state index in [1.165, 1.54) is 89.9 Å². The molecule has 0 aromatic heterocycles. The SMILES string of the molecule is CCCCCCCCCCCCCCCCCC(O)C[N+](C)(C)CCC(=O)O. The van der Waals surface area contributed by atoms with Gasteiger partial charge in [-0.2, -0.15) is 0 Å². The second-order valence-corrected chi connectivity index (χ2v) is 9.38. The highest BCUT2D eigenvalue weighted by molar-refractivity contribution is 5.66. The van der Waals surface area contributed by atoms with E-state index in [0.717, 1.165) is 12.8 Å². The van der Waals surface area contributed by atoms with Crippen molar-refractivity contribution in [3.8, 4) is 0 Å². The van der Waals surface area contributed by atoms with Crippen molar-refractivity contribution in [2.24, 2.45) is 0 Å². The van der Waals surface area contributed by atoms with Crippen LogP contribution in [0.5, 0.6) is 0 Å². The number of hydrogen-bond donors (Lipinski definition) is 2. The molecule has 0 amide bonds. The van der Waals surface area contributed by atoms with Gasteiger partial charge in [0.1, 0.15) is 12.6 Å². The van der Waals surface area contributed by atoms with E-state index in [4.69, 9.17) is 5.11 Å². The topological polar surface area (TPSA) is 57.5 Å². The predicted octanol–water partition coefficient (Wildman–Crippen LogP) is 6.16. The van der Waals surface area contributed by atoms with Crippen LogP contribution in [-0.2, 0) is 4.79 Å². The molecule has 0 aliphatic rings. The van der Waals surface area contributed by atoms with E-state index in [-0.39, 0.29) is 12.5 Å². The molecule has 0 spiro atoms. The minimum absolute atomic E-state index is 0.165. The van der Waals surface area contributed by atoms with Crippen LogP contribution in [0.3, 0.4) is 0 Å². The highest BCUT2D eigenvalue weighted by Crippen LogP contribution is 2.14. The Kier molecular flexibility index (Phi) is 18.0. The maximum Gasteiger partial charge on any atom is 0.309 e. The molecule has 1 atom stereocenters. The maximum absolute atomic E-state index is 10.7. The van der Waals surface area contributed by atoms with E-state index in [1.807, 2.05) is 14.1 Å². The first kappa shape index (κ1) is 27.4. The van der Waals surface area contributed by atoms with Crippen LogP contribution in [0.1, 0.15) is 116 Å². The third kappa shape index (κ3) is 20.1. The van der Waals surface area contributed by atoms with Gasteiger partial charge in [0.25, 0.3) is 0 Å². The maximum atomic E-state index is 10.7. The zero-order valence-electron chi connectivity index (χ0n) is 19.3. The van der Waals surface area contributed by atoms with Crippen molar-refractivity contribution < 1.29 is 19.5 Å². The van der Waals surface area contributed by atoms with Gasteiger partial charge < -0.3 is 14.7 Å². The average Bonchev–Trinajstić information content (AvgIpc) is 2.63. The van der Waals surface area contributed by atoms with Crippen molar-refractivity contribution in [2.75, 3.05) is 27.2 Å². The molecule has 4 nitrogen and oxygen atoms in total. The quantitative estimate of drug-likeness (QED) is 0.179. The van der Waals surface area contributed by atoms with Gasteiger partial charge in [0, 0.05) is 0 Å². The number of aliphatic hydroxyl groups is 1. The lowest BCUT2D eigenvalue weighted by Gasteiger charge is -2.31. The van der Waals surface area contributed by atoms with Crippen LogP contribution in [-0.4, -0.2) is 54.0 Å². The van der Waals surface area contributed by atoms with Crippen molar-refractivity contribution >= 4 is 5.97 Å². The van der Waals surface area contributed by atoms with Gasteiger partial charge in [0.15, 0.2) is 0 Å². The molecule has 4 heteroatoms. The zero-order valence-corrected chi connectivity index (χ0v) is 19.3. The molecule has 0 bridgehead atoms. The average molecular weight is 401 g/mol. The lowest BCUT2D eigenvalue weighted by molar-refractivity contribution is -0.892. The van der Waals surface area contributed by atoms with Crippen LogP contribution in [0, 0.1) is 0 Å². The zero-order chi connectivity index (χ0) is 21.1.